The maximum absolute atomic E-state index is 11.0. The molecule has 0 aromatic carbocycles. The van der Waals surface area contributed by atoms with Crippen LogP contribution in [0.4, 0.5) is 0 Å². The van der Waals surface area contributed by atoms with Crippen LogP contribution < -0.4 is 0 Å². The number of rotatable bonds is 4. The van der Waals surface area contributed by atoms with Gasteiger partial charge in [0.05, 0.1) is 0 Å². The van der Waals surface area contributed by atoms with Crippen LogP contribution in [-0.2, 0) is 9.59 Å². The van der Waals surface area contributed by atoms with Gasteiger partial charge in [0.25, 0.3) is 0 Å². The van der Waals surface area contributed by atoms with Crippen LogP contribution in [0.25, 0.3) is 0 Å². The lowest BCUT2D eigenvalue weighted by Gasteiger charge is -2.14. The van der Waals surface area contributed by atoms with E-state index in [4.69, 9.17) is 0 Å². The van der Waals surface area contributed by atoms with Crippen LogP contribution in [0.15, 0.2) is 24.8 Å². The first-order valence-corrected chi connectivity index (χ1v) is 3.77. The van der Waals surface area contributed by atoms with Gasteiger partial charge in [0.15, 0.2) is 5.78 Å². The van der Waals surface area contributed by atoms with Gasteiger partial charge in [-0.05, 0) is 32.9 Å². The van der Waals surface area contributed by atoms with E-state index in [1.54, 1.807) is 19.9 Å². The normalized spacial score (nSPS) is 11.6. The molecule has 0 spiro atoms. The van der Waals surface area contributed by atoms with Crippen LogP contribution in [0.1, 0.15) is 20.8 Å². The summed E-state index contributed by atoms with van der Waals surface area (Å²) in [5.41, 5.74) is -0.557. The topological polar surface area (TPSA) is 34.1 Å². The molecule has 0 saturated heterocycles. The van der Waals surface area contributed by atoms with E-state index >= 15 is 0 Å². The number of hydrogen-bond acceptors (Lipinski definition) is 2. The molecule has 0 rings (SSSR count). The average molecular weight is 166 g/mol. The fourth-order valence-corrected chi connectivity index (χ4v) is 0.476. The number of carbonyl (C=O) groups excluding carboxylic acids is 2. The zero-order chi connectivity index (χ0) is 9.78. The summed E-state index contributed by atoms with van der Waals surface area (Å²) in [6.45, 7) is 8.36. The maximum Gasteiger partial charge on any atom is 0.177 e. The summed E-state index contributed by atoms with van der Waals surface area (Å²) in [6.07, 6.45) is 4.18. The Morgan fingerprint density at radius 1 is 1.33 bits per heavy atom. The molecule has 2 heteroatoms. The van der Waals surface area contributed by atoms with Crippen LogP contribution in [0.3, 0.4) is 0 Å². The van der Waals surface area contributed by atoms with Crippen LogP contribution in [0.2, 0.25) is 0 Å². The summed E-state index contributed by atoms with van der Waals surface area (Å²) in [7, 11) is 0. The highest BCUT2D eigenvalue weighted by atomic mass is 16.1. The molecule has 0 N–H and O–H groups in total. The summed E-state index contributed by atoms with van der Waals surface area (Å²) < 4.78 is 0. The lowest BCUT2D eigenvalue weighted by atomic mass is 9.88. The molecule has 0 radical (unpaired) electrons. The summed E-state index contributed by atoms with van der Waals surface area (Å²) in [6, 6.07) is 0. The molecule has 0 aliphatic carbocycles. The van der Waals surface area contributed by atoms with E-state index in [1.165, 1.54) is 19.1 Å². The van der Waals surface area contributed by atoms with E-state index in [9.17, 15) is 9.59 Å². The van der Waals surface area contributed by atoms with Gasteiger partial charge in [-0.3, -0.25) is 9.59 Å². The highest BCUT2D eigenvalue weighted by Gasteiger charge is 2.19. The first-order valence-electron chi connectivity index (χ1n) is 3.77. The SMILES string of the molecule is C=CC(=O)/C=C/C(C)(C)C(C)=O. The Balaban J connectivity index is 4.43. The standard InChI is InChI=1S/C10H14O2/c1-5-9(12)6-7-10(3,4)8(2)11/h5-7H,1H2,2-4H3/b7-6+. The van der Waals surface area contributed by atoms with Crippen molar-refractivity contribution in [3.63, 3.8) is 0 Å². The maximum atomic E-state index is 11.0. The number of Topliss-reactive ketones (excluding diaryl/α,β-unsaturated/α-hetero) is 1. The number of allylic oxidation sites excluding steroid dienone is 3. The van der Waals surface area contributed by atoms with E-state index in [0.29, 0.717) is 0 Å². The Kier molecular flexibility index (Phi) is 3.61. The average Bonchev–Trinajstić information content (AvgIpc) is 2.00. The Labute approximate surface area is 73.0 Å². The largest absolute Gasteiger partial charge is 0.299 e. The van der Waals surface area contributed by atoms with Gasteiger partial charge in [0.1, 0.15) is 5.78 Å². The Bertz CT molecular complexity index is 234. The van der Waals surface area contributed by atoms with E-state index in [-0.39, 0.29) is 11.6 Å². The van der Waals surface area contributed by atoms with Gasteiger partial charge >= 0.3 is 0 Å². The van der Waals surface area contributed by atoms with Crippen LogP contribution in [-0.4, -0.2) is 11.6 Å². The first kappa shape index (κ1) is 10.8. The van der Waals surface area contributed by atoms with Gasteiger partial charge in [0.2, 0.25) is 0 Å². The second-order valence-corrected chi connectivity index (χ2v) is 3.22. The molecule has 0 aliphatic heterocycles. The zero-order valence-corrected chi connectivity index (χ0v) is 7.76. The highest BCUT2D eigenvalue weighted by Crippen LogP contribution is 2.17. The van der Waals surface area contributed by atoms with Crippen molar-refractivity contribution < 1.29 is 9.59 Å². The van der Waals surface area contributed by atoms with E-state index in [1.807, 2.05) is 0 Å². The minimum Gasteiger partial charge on any atom is -0.299 e. The molecule has 0 bridgehead atoms. The molecule has 0 atom stereocenters. The molecule has 0 aromatic rings. The molecule has 0 aliphatic rings. The predicted octanol–water partition coefficient (Wildman–Crippen LogP) is 1.91. The van der Waals surface area contributed by atoms with Crippen molar-refractivity contribution in [2.45, 2.75) is 20.8 Å². The second kappa shape index (κ2) is 4.00. The Morgan fingerprint density at radius 3 is 2.17 bits per heavy atom. The zero-order valence-electron chi connectivity index (χ0n) is 7.76. The van der Waals surface area contributed by atoms with Gasteiger partial charge in [-0.25, -0.2) is 0 Å². The number of ketones is 2. The summed E-state index contributed by atoms with van der Waals surface area (Å²) in [4.78, 5) is 21.7. The predicted molar refractivity (Wildman–Crippen MR) is 48.8 cm³/mol. The molecule has 12 heavy (non-hydrogen) atoms. The fourth-order valence-electron chi connectivity index (χ4n) is 0.476. The molecule has 0 unspecified atom stereocenters. The lowest BCUT2D eigenvalue weighted by Crippen LogP contribution is -2.18. The van der Waals surface area contributed by atoms with Crippen LogP contribution in [0, 0.1) is 5.41 Å². The van der Waals surface area contributed by atoms with Crippen molar-refractivity contribution in [1.29, 1.82) is 0 Å². The third-order valence-electron chi connectivity index (χ3n) is 1.77. The van der Waals surface area contributed by atoms with Crippen molar-refractivity contribution in [1.82, 2.24) is 0 Å². The van der Waals surface area contributed by atoms with Crippen molar-refractivity contribution in [2.24, 2.45) is 5.41 Å². The van der Waals surface area contributed by atoms with Gasteiger partial charge in [-0.2, -0.15) is 0 Å². The van der Waals surface area contributed by atoms with Gasteiger partial charge in [0, 0.05) is 5.41 Å². The lowest BCUT2D eigenvalue weighted by molar-refractivity contribution is -0.122. The highest BCUT2D eigenvalue weighted by molar-refractivity contribution is 5.99. The molecule has 0 amide bonds. The minimum absolute atomic E-state index is 0.0376. The molecule has 0 fully saturated rings. The fraction of sp³-hybridized carbons (Fsp3) is 0.400. The van der Waals surface area contributed by atoms with Crippen molar-refractivity contribution >= 4 is 11.6 Å². The van der Waals surface area contributed by atoms with Crippen LogP contribution >= 0.6 is 0 Å². The summed E-state index contributed by atoms with van der Waals surface area (Å²) >= 11 is 0. The third kappa shape index (κ3) is 3.28. The number of carbonyl (C=O) groups is 2. The first-order chi connectivity index (χ1) is 5.40. The van der Waals surface area contributed by atoms with Crippen LogP contribution in [0.5, 0.6) is 0 Å². The number of hydrogen-bond donors (Lipinski definition) is 0. The van der Waals surface area contributed by atoms with Gasteiger partial charge in [-0.15, -0.1) is 0 Å². The smallest absolute Gasteiger partial charge is 0.177 e. The van der Waals surface area contributed by atoms with Crippen molar-refractivity contribution in [3.05, 3.63) is 24.8 Å². The molecule has 2 nitrogen and oxygen atoms in total. The molecule has 0 aromatic heterocycles. The summed E-state index contributed by atoms with van der Waals surface area (Å²) in [5.74, 6) is -0.139. The molecule has 0 heterocycles. The second-order valence-electron chi connectivity index (χ2n) is 3.22. The molecular formula is C10H14O2. The third-order valence-corrected chi connectivity index (χ3v) is 1.77. The Morgan fingerprint density at radius 2 is 1.83 bits per heavy atom. The Hall–Kier alpha value is -1.18. The van der Waals surface area contributed by atoms with Crippen molar-refractivity contribution in [2.75, 3.05) is 0 Å². The van der Waals surface area contributed by atoms with Gasteiger partial charge in [-0.1, -0.05) is 12.7 Å². The quantitative estimate of drug-likeness (QED) is 0.598. The van der Waals surface area contributed by atoms with E-state index in [2.05, 4.69) is 6.58 Å². The molecule has 66 valence electrons. The minimum atomic E-state index is -0.557. The van der Waals surface area contributed by atoms with E-state index < -0.39 is 5.41 Å². The summed E-state index contributed by atoms with van der Waals surface area (Å²) in [5, 5.41) is 0. The van der Waals surface area contributed by atoms with Gasteiger partial charge < -0.3 is 0 Å². The van der Waals surface area contributed by atoms with E-state index in [0.717, 1.165) is 0 Å². The molecular weight excluding hydrogens is 152 g/mol. The monoisotopic (exact) mass is 166 g/mol. The van der Waals surface area contributed by atoms with Crippen molar-refractivity contribution in [3.8, 4) is 0 Å². The molecule has 0 saturated carbocycles.